The minimum Gasteiger partial charge on any atom is -0.389 e. The van der Waals surface area contributed by atoms with Crippen LogP contribution in [0, 0.1) is 5.41 Å². The number of hydrogen-bond acceptors (Lipinski definition) is 2. The predicted octanol–water partition coefficient (Wildman–Crippen LogP) is 3.74. The van der Waals surface area contributed by atoms with E-state index in [-0.39, 0.29) is 11.4 Å². The molecule has 1 aromatic rings. The number of urea groups is 1. The second-order valence-corrected chi connectivity index (χ2v) is 7.15. The second kappa shape index (κ2) is 5.85. The quantitative estimate of drug-likeness (QED) is 0.830. The van der Waals surface area contributed by atoms with Gasteiger partial charge in [-0.3, -0.25) is 0 Å². The van der Waals surface area contributed by atoms with Gasteiger partial charge in [0.15, 0.2) is 0 Å². The first kappa shape index (κ1) is 16.1. The molecule has 4 nitrogen and oxygen atoms in total. The van der Waals surface area contributed by atoms with Crippen molar-refractivity contribution in [2.45, 2.75) is 39.2 Å². The molecule has 0 radical (unpaired) electrons. The number of carbonyl (C=O) groups excluding carboxylic acids is 1. The van der Waals surface area contributed by atoms with Crippen LogP contribution in [0.15, 0.2) is 24.3 Å². The molecule has 5 heteroatoms. The summed E-state index contributed by atoms with van der Waals surface area (Å²) in [6, 6.07) is 6.94. The van der Waals surface area contributed by atoms with Crippen molar-refractivity contribution in [1.29, 1.82) is 0 Å². The van der Waals surface area contributed by atoms with Crippen LogP contribution in [0.3, 0.4) is 0 Å². The number of aliphatic hydroxyl groups is 1. The minimum absolute atomic E-state index is 0.145. The van der Waals surface area contributed by atoms with Crippen LogP contribution in [-0.2, 0) is 0 Å². The zero-order valence-corrected chi connectivity index (χ0v) is 13.6. The fourth-order valence-corrected chi connectivity index (χ4v) is 2.79. The van der Waals surface area contributed by atoms with Crippen LogP contribution in [0.5, 0.6) is 0 Å². The van der Waals surface area contributed by atoms with Gasteiger partial charge >= 0.3 is 6.03 Å². The summed E-state index contributed by atoms with van der Waals surface area (Å²) in [6.07, 6.45) is 1.19. The molecule has 1 aliphatic rings. The smallest absolute Gasteiger partial charge is 0.321 e. The van der Waals surface area contributed by atoms with Crippen LogP contribution >= 0.6 is 11.6 Å². The Kier molecular flexibility index (Phi) is 4.49. The van der Waals surface area contributed by atoms with Gasteiger partial charge < -0.3 is 15.3 Å². The van der Waals surface area contributed by atoms with E-state index in [1.165, 1.54) is 0 Å². The Morgan fingerprint density at radius 3 is 2.48 bits per heavy atom. The summed E-state index contributed by atoms with van der Waals surface area (Å²) in [6.45, 7) is 7.22. The molecular formula is C16H23ClN2O2. The first-order valence-electron chi connectivity index (χ1n) is 7.25. The Morgan fingerprint density at radius 1 is 1.33 bits per heavy atom. The van der Waals surface area contributed by atoms with E-state index in [0.717, 1.165) is 0 Å². The van der Waals surface area contributed by atoms with Crippen molar-refractivity contribution in [3.63, 3.8) is 0 Å². The summed E-state index contributed by atoms with van der Waals surface area (Å²) in [4.78, 5) is 14.0. The molecule has 0 unspecified atom stereocenters. The van der Waals surface area contributed by atoms with Gasteiger partial charge in [0, 0.05) is 23.8 Å². The van der Waals surface area contributed by atoms with Crippen molar-refractivity contribution >= 4 is 23.3 Å². The Morgan fingerprint density at radius 2 is 1.95 bits per heavy atom. The number of anilines is 1. The lowest BCUT2D eigenvalue weighted by Gasteiger charge is -2.46. The third-order valence-corrected chi connectivity index (χ3v) is 4.58. The lowest BCUT2D eigenvalue weighted by molar-refractivity contribution is -0.0925. The fourth-order valence-electron chi connectivity index (χ4n) is 2.60. The molecule has 1 aromatic carbocycles. The number of hydrogen-bond donors (Lipinski definition) is 2. The van der Waals surface area contributed by atoms with Gasteiger partial charge in [0.2, 0.25) is 0 Å². The van der Waals surface area contributed by atoms with Crippen LogP contribution < -0.4 is 5.32 Å². The molecule has 21 heavy (non-hydrogen) atoms. The zero-order chi connectivity index (χ0) is 15.7. The summed E-state index contributed by atoms with van der Waals surface area (Å²) >= 11 is 5.90. The monoisotopic (exact) mass is 310 g/mol. The minimum atomic E-state index is -0.708. The van der Waals surface area contributed by atoms with Gasteiger partial charge in [-0.25, -0.2) is 4.79 Å². The highest BCUT2D eigenvalue weighted by molar-refractivity contribution is 6.30. The standard InChI is InChI=1S/C16H23ClN2O2/c1-15(2,3)16(21)7-9-19(10-8-16)14(20)18-13-6-4-5-12(17)11-13/h4-6,11,21H,7-10H2,1-3H3,(H,18,20). The normalized spacial score (nSPS) is 18.4. The van der Waals surface area contributed by atoms with E-state index in [0.29, 0.717) is 36.6 Å². The highest BCUT2D eigenvalue weighted by atomic mass is 35.5. The Bertz CT molecular complexity index is 517. The maximum absolute atomic E-state index is 12.2. The highest BCUT2D eigenvalue weighted by Crippen LogP contribution is 2.38. The second-order valence-electron chi connectivity index (χ2n) is 6.71. The van der Waals surface area contributed by atoms with Crippen molar-refractivity contribution in [3.8, 4) is 0 Å². The number of piperidine rings is 1. The number of amides is 2. The molecule has 0 aromatic heterocycles. The largest absolute Gasteiger partial charge is 0.389 e. The van der Waals surface area contributed by atoms with E-state index in [2.05, 4.69) is 5.32 Å². The number of nitrogens with zero attached hydrogens (tertiary/aromatic N) is 1. The van der Waals surface area contributed by atoms with Crippen molar-refractivity contribution in [3.05, 3.63) is 29.3 Å². The lowest BCUT2D eigenvalue weighted by Crippen LogP contribution is -2.53. The molecule has 0 saturated carbocycles. The molecule has 0 bridgehead atoms. The average molecular weight is 311 g/mol. The maximum Gasteiger partial charge on any atom is 0.321 e. The van der Waals surface area contributed by atoms with Crippen LogP contribution in [0.2, 0.25) is 5.02 Å². The van der Waals surface area contributed by atoms with Crippen molar-refractivity contribution < 1.29 is 9.90 Å². The molecule has 2 amide bonds. The fraction of sp³-hybridized carbons (Fsp3) is 0.562. The summed E-state index contributed by atoms with van der Waals surface area (Å²) < 4.78 is 0. The Hall–Kier alpha value is -1.26. The van der Waals surface area contributed by atoms with Crippen LogP contribution in [0.4, 0.5) is 10.5 Å². The summed E-state index contributed by atoms with van der Waals surface area (Å²) in [5, 5.41) is 14.1. The molecule has 1 aliphatic heterocycles. The zero-order valence-electron chi connectivity index (χ0n) is 12.8. The predicted molar refractivity (Wildman–Crippen MR) is 85.7 cm³/mol. The van der Waals surface area contributed by atoms with Crippen LogP contribution in [-0.4, -0.2) is 34.7 Å². The molecule has 1 saturated heterocycles. The van der Waals surface area contributed by atoms with Gasteiger partial charge in [-0.05, 0) is 36.5 Å². The molecule has 0 atom stereocenters. The molecule has 2 N–H and O–H groups in total. The molecule has 2 rings (SSSR count). The summed E-state index contributed by atoms with van der Waals surface area (Å²) in [5.41, 5.74) is -0.202. The van der Waals surface area contributed by atoms with Gasteiger partial charge in [-0.1, -0.05) is 38.4 Å². The Balaban J connectivity index is 1.95. The molecule has 1 heterocycles. The van der Waals surface area contributed by atoms with Gasteiger partial charge in [0.05, 0.1) is 5.60 Å². The first-order valence-corrected chi connectivity index (χ1v) is 7.63. The van der Waals surface area contributed by atoms with Gasteiger partial charge in [0.25, 0.3) is 0 Å². The average Bonchev–Trinajstić information content (AvgIpc) is 2.38. The SMILES string of the molecule is CC(C)(C)C1(O)CCN(C(=O)Nc2cccc(Cl)c2)CC1. The topological polar surface area (TPSA) is 52.6 Å². The number of likely N-dealkylation sites (tertiary alicyclic amines) is 1. The first-order chi connectivity index (χ1) is 9.71. The van der Waals surface area contributed by atoms with E-state index in [9.17, 15) is 9.90 Å². The van der Waals surface area contributed by atoms with Crippen molar-refractivity contribution in [1.82, 2.24) is 4.90 Å². The van der Waals surface area contributed by atoms with Crippen molar-refractivity contribution in [2.75, 3.05) is 18.4 Å². The molecule has 1 fully saturated rings. The van der Waals surface area contributed by atoms with Gasteiger partial charge in [0.1, 0.15) is 0 Å². The van der Waals surface area contributed by atoms with Crippen LogP contribution in [0.25, 0.3) is 0 Å². The maximum atomic E-state index is 12.2. The molecule has 0 aliphatic carbocycles. The Labute approximate surface area is 131 Å². The molecule has 0 spiro atoms. The van der Waals surface area contributed by atoms with E-state index in [1.54, 1.807) is 29.2 Å². The van der Waals surface area contributed by atoms with Crippen LogP contribution in [0.1, 0.15) is 33.6 Å². The number of nitrogens with one attached hydrogen (secondary N) is 1. The summed E-state index contributed by atoms with van der Waals surface area (Å²) in [5.74, 6) is 0. The van der Waals surface area contributed by atoms with Gasteiger partial charge in [-0.15, -0.1) is 0 Å². The highest BCUT2D eigenvalue weighted by Gasteiger charge is 2.43. The number of benzene rings is 1. The number of carbonyl (C=O) groups is 1. The van der Waals surface area contributed by atoms with E-state index in [4.69, 9.17) is 11.6 Å². The molecular weight excluding hydrogens is 288 g/mol. The van der Waals surface area contributed by atoms with Gasteiger partial charge in [-0.2, -0.15) is 0 Å². The molecule has 116 valence electrons. The third-order valence-electron chi connectivity index (χ3n) is 4.35. The van der Waals surface area contributed by atoms with E-state index in [1.807, 2.05) is 20.8 Å². The third kappa shape index (κ3) is 3.69. The number of rotatable bonds is 1. The van der Waals surface area contributed by atoms with Crippen molar-refractivity contribution in [2.24, 2.45) is 5.41 Å². The lowest BCUT2D eigenvalue weighted by atomic mass is 9.71. The summed E-state index contributed by atoms with van der Waals surface area (Å²) in [7, 11) is 0. The van der Waals surface area contributed by atoms with E-state index >= 15 is 0 Å². The number of halogens is 1. The van der Waals surface area contributed by atoms with E-state index < -0.39 is 5.60 Å².